The van der Waals surface area contributed by atoms with Crippen molar-refractivity contribution in [2.75, 3.05) is 0 Å². The van der Waals surface area contributed by atoms with Gasteiger partial charge < -0.3 is 8.85 Å². The van der Waals surface area contributed by atoms with Gasteiger partial charge in [0.1, 0.15) is 0 Å². The first kappa shape index (κ1) is 29.6. The van der Waals surface area contributed by atoms with Crippen LogP contribution in [0.15, 0.2) is 12.2 Å². The Labute approximate surface area is 221 Å². The van der Waals surface area contributed by atoms with Crippen LogP contribution < -0.4 is 0 Å². The Kier molecular flexibility index (Phi) is 8.20. The lowest BCUT2D eigenvalue weighted by molar-refractivity contribution is -0.0224. The summed E-state index contributed by atoms with van der Waals surface area (Å²) < 4.78 is 14.0. The zero-order valence-corrected chi connectivity index (χ0v) is 27.8. The third-order valence-corrected chi connectivity index (χ3v) is 20.5. The maximum atomic E-state index is 7.10. The number of hydrogen-bond acceptors (Lipinski definition) is 2. The van der Waals surface area contributed by atoms with E-state index in [1.807, 2.05) is 0 Å². The van der Waals surface area contributed by atoms with Crippen molar-refractivity contribution in [1.82, 2.24) is 0 Å². The predicted molar refractivity (Wildman–Crippen MR) is 158 cm³/mol. The molecule has 0 saturated heterocycles. The smallest absolute Gasteiger partial charge is 0.193 e. The van der Waals surface area contributed by atoms with Gasteiger partial charge in [-0.1, -0.05) is 74.0 Å². The predicted octanol–water partition coefficient (Wildman–Crippen LogP) is 9.98. The van der Waals surface area contributed by atoms with E-state index in [1.165, 1.54) is 38.5 Å². The highest BCUT2D eigenvalue weighted by Gasteiger charge is 2.55. The van der Waals surface area contributed by atoms with Crippen molar-refractivity contribution in [3.63, 3.8) is 0 Å². The van der Waals surface area contributed by atoms with E-state index in [4.69, 9.17) is 8.85 Å². The Morgan fingerprint density at radius 3 is 2.09 bits per heavy atom. The van der Waals surface area contributed by atoms with Gasteiger partial charge in [0.15, 0.2) is 16.6 Å². The molecular formula is C31H60O2Si2. The summed E-state index contributed by atoms with van der Waals surface area (Å²) in [6, 6.07) is 0. The van der Waals surface area contributed by atoms with Crippen LogP contribution in [0, 0.1) is 29.1 Å². The minimum Gasteiger partial charge on any atom is -0.414 e. The molecule has 0 aromatic carbocycles. The number of rotatable bonds is 7. The first-order chi connectivity index (χ1) is 15.7. The molecule has 2 saturated carbocycles. The molecule has 3 aliphatic rings. The third-order valence-electron chi connectivity index (χ3n) is 11.4. The van der Waals surface area contributed by atoms with E-state index in [-0.39, 0.29) is 10.6 Å². The van der Waals surface area contributed by atoms with Crippen molar-refractivity contribution in [1.29, 1.82) is 0 Å². The van der Waals surface area contributed by atoms with Crippen LogP contribution in [-0.4, -0.2) is 28.3 Å². The molecule has 0 amide bonds. The zero-order chi connectivity index (χ0) is 26.7. The van der Waals surface area contributed by atoms with Crippen LogP contribution in [0.5, 0.6) is 0 Å². The molecule has 3 rings (SSSR count). The van der Waals surface area contributed by atoms with Crippen LogP contribution in [0.3, 0.4) is 0 Å². The molecule has 0 heterocycles. The second-order valence-corrected chi connectivity index (χ2v) is 25.8. The van der Waals surface area contributed by atoms with Gasteiger partial charge in [-0.2, -0.15) is 0 Å². The fourth-order valence-electron chi connectivity index (χ4n) is 7.40. The molecule has 2 fully saturated rings. The molecule has 204 valence electrons. The van der Waals surface area contributed by atoms with Gasteiger partial charge in [-0.3, -0.25) is 0 Å². The molecule has 7 atom stereocenters. The molecule has 2 nitrogen and oxygen atoms in total. The van der Waals surface area contributed by atoms with E-state index in [9.17, 15) is 0 Å². The quantitative estimate of drug-likeness (QED) is 0.245. The first-order valence-electron chi connectivity index (χ1n) is 14.8. The average molecular weight is 521 g/mol. The molecular weight excluding hydrogens is 461 g/mol. The van der Waals surface area contributed by atoms with Gasteiger partial charge in [0.2, 0.25) is 0 Å². The van der Waals surface area contributed by atoms with Crippen molar-refractivity contribution in [3.8, 4) is 0 Å². The Bertz CT molecular complexity index is 774. The van der Waals surface area contributed by atoms with E-state index < -0.39 is 16.6 Å². The lowest BCUT2D eigenvalue weighted by Gasteiger charge is -2.50. The monoisotopic (exact) mass is 520 g/mol. The Hall–Kier alpha value is 0.0938. The van der Waals surface area contributed by atoms with Crippen LogP contribution in [0.2, 0.25) is 36.3 Å². The van der Waals surface area contributed by atoms with Crippen LogP contribution in [0.1, 0.15) is 107 Å². The molecule has 3 aliphatic carbocycles. The third kappa shape index (κ3) is 6.06. The largest absolute Gasteiger partial charge is 0.414 e. The van der Waals surface area contributed by atoms with Gasteiger partial charge >= 0.3 is 0 Å². The molecule has 0 radical (unpaired) electrons. The van der Waals surface area contributed by atoms with Gasteiger partial charge in [0.05, 0.1) is 5.60 Å². The molecule has 4 heteroatoms. The minimum atomic E-state index is -1.78. The second kappa shape index (κ2) is 9.68. The maximum absolute atomic E-state index is 7.10. The van der Waals surface area contributed by atoms with E-state index in [1.54, 1.807) is 0 Å². The molecule has 0 bridgehead atoms. The maximum Gasteiger partial charge on any atom is 0.193 e. The molecule has 0 aromatic rings. The normalized spacial score (nSPS) is 37.5. The summed E-state index contributed by atoms with van der Waals surface area (Å²) in [4.78, 5) is 0. The number of fused-ring (bicyclic) bond motifs is 1. The Morgan fingerprint density at radius 1 is 0.914 bits per heavy atom. The van der Waals surface area contributed by atoms with E-state index in [0.717, 1.165) is 24.2 Å². The fraction of sp³-hybridized carbons (Fsp3) is 0.935. The standard InChI is InChI=1S/C31H60O2Si2/c1-23(21-24-18-20-30(8,22-24)33-35(12,13)29(5,6)7)25-16-17-26-27(15-14-19-31(25,26)9)32-34(10,11)28(2,3)4/h18,20,23-27H,14-17,19,21-22H2,1-13H3/t23-,24-,25-,26?,27?,30-,31-/m1/s1. The molecule has 0 N–H and O–H groups in total. The van der Waals surface area contributed by atoms with Crippen molar-refractivity contribution in [3.05, 3.63) is 12.2 Å². The lowest BCUT2D eigenvalue weighted by Crippen LogP contribution is -2.50. The summed E-state index contributed by atoms with van der Waals surface area (Å²) in [6.45, 7) is 31.4. The minimum absolute atomic E-state index is 0.0809. The molecule has 2 unspecified atom stereocenters. The zero-order valence-electron chi connectivity index (χ0n) is 25.8. The van der Waals surface area contributed by atoms with E-state index in [2.05, 4.69) is 101 Å². The number of hydrogen-bond donors (Lipinski definition) is 0. The highest BCUT2D eigenvalue weighted by molar-refractivity contribution is 6.74. The van der Waals surface area contributed by atoms with Gasteiger partial charge in [0.25, 0.3) is 0 Å². The number of allylic oxidation sites excluding steroid dienone is 1. The summed E-state index contributed by atoms with van der Waals surface area (Å²) >= 11 is 0. The van der Waals surface area contributed by atoms with Crippen LogP contribution in [0.4, 0.5) is 0 Å². The van der Waals surface area contributed by atoms with Gasteiger partial charge in [-0.15, -0.1) is 0 Å². The van der Waals surface area contributed by atoms with Crippen molar-refractivity contribution >= 4 is 16.6 Å². The van der Waals surface area contributed by atoms with E-state index in [0.29, 0.717) is 22.5 Å². The second-order valence-electron chi connectivity index (χ2n) is 16.3. The van der Waals surface area contributed by atoms with Crippen LogP contribution in [0.25, 0.3) is 0 Å². The van der Waals surface area contributed by atoms with Crippen molar-refractivity contribution in [2.24, 2.45) is 29.1 Å². The van der Waals surface area contributed by atoms with Crippen molar-refractivity contribution in [2.45, 2.75) is 155 Å². The van der Waals surface area contributed by atoms with Crippen LogP contribution in [-0.2, 0) is 8.85 Å². The topological polar surface area (TPSA) is 18.5 Å². The first-order valence-corrected chi connectivity index (χ1v) is 20.6. The lowest BCUT2D eigenvalue weighted by atomic mass is 9.61. The molecule has 35 heavy (non-hydrogen) atoms. The van der Waals surface area contributed by atoms with Crippen LogP contribution >= 0.6 is 0 Å². The fourth-order valence-corrected chi connectivity index (χ4v) is 10.4. The Balaban J connectivity index is 1.64. The van der Waals surface area contributed by atoms with Gasteiger partial charge in [-0.05, 0) is 111 Å². The summed E-state index contributed by atoms with van der Waals surface area (Å²) in [5.41, 5.74) is 0.371. The summed E-state index contributed by atoms with van der Waals surface area (Å²) in [5, 5.41) is 0.548. The van der Waals surface area contributed by atoms with E-state index >= 15 is 0 Å². The van der Waals surface area contributed by atoms with Gasteiger partial charge in [0, 0.05) is 6.10 Å². The highest BCUT2D eigenvalue weighted by atomic mass is 28.4. The Morgan fingerprint density at radius 2 is 1.51 bits per heavy atom. The van der Waals surface area contributed by atoms with Gasteiger partial charge in [-0.25, -0.2) is 0 Å². The van der Waals surface area contributed by atoms with Crippen molar-refractivity contribution < 1.29 is 8.85 Å². The summed E-state index contributed by atoms with van der Waals surface area (Å²) in [5.74, 6) is 3.01. The summed E-state index contributed by atoms with van der Waals surface area (Å²) in [6.07, 6.45) is 14.7. The summed E-state index contributed by atoms with van der Waals surface area (Å²) in [7, 11) is -3.51. The average Bonchev–Trinajstić information content (AvgIpc) is 3.19. The SMILES string of the molecule is C[C@H](C[C@H]1C=C[C@@](C)(O[Si](C)(C)C(C)(C)C)C1)[C@H]1CCC2C(O[Si](C)(C)C(C)(C)C)CCC[C@@]21C. The molecule has 0 spiro atoms. The highest BCUT2D eigenvalue weighted by Crippen LogP contribution is 2.60. The molecule has 0 aliphatic heterocycles. The molecule has 0 aromatic heterocycles.